The minimum Gasteiger partial charge on any atom is -0.508 e. The highest BCUT2D eigenvalue weighted by Gasteiger charge is 2.00. The second kappa shape index (κ2) is 6.43. The van der Waals surface area contributed by atoms with E-state index in [-0.39, 0.29) is 0 Å². The van der Waals surface area contributed by atoms with Gasteiger partial charge in [-0.3, -0.25) is 4.98 Å². The summed E-state index contributed by atoms with van der Waals surface area (Å²) in [5.41, 5.74) is 2.69. The zero-order valence-electron chi connectivity index (χ0n) is 11.6. The molecule has 0 aliphatic rings. The summed E-state index contributed by atoms with van der Waals surface area (Å²) in [7, 11) is 0. The molecule has 0 amide bonds. The van der Waals surface area contributed by atoms with Gasteiger partial charge in [-0.25, -0.2) is 0 Å². The first-order chi connectivity index (χ1) is 10.2. The van der Waals surface area contributed by atoms with Crippen molar-refractivity contribution in [1.29, 1.82) is 0 Å². The predicted octanol–water partition coefficient (Wildman–Crippen LogP) is 4.72. The van der Waals surface area contributed by atoms with Gasteiger partial charge >= 0.3 is 0 Å². The van der Waals surface area contributed by atoms with E-state index in [2.05, 4.69) is 57.9 Å². The summed E-state index contributed by atoms with van der Waals surface area (Å²) in [4.78, 5) is 4.21. The third-order valence-corrected chi connectivity index (χ3v) is 4.20. The number of aryl methyl sites for hydroxylation is 2. The zero-order valence-corrected chi connectivity index (χ0v) is 13.7. The van der Waals surface area contributed by atoms with Crippen LogP contribution in [-0.2, 0) is 12.8 Å². The lowest BCUT2D eigenvalue weighted by atomic mass is 10.0. The molecule has 3 aromatic rings. The number of halogens is 1. The monoisotopic (exact) mass is 389 g/mol. The van der Waals surface area contributed by atoms with Crippen molar-refractivity contribution in [1.82, 2.24) is 4.98 Å². The third kappa shape index (κ3) is 3.73. The summed E-state index contributed by atoms with van der Waals surface area (Å²) < 4.78 is 1.05. The van der Waals surface area contributed by atoms with E-state index in [1.54, 1.807) is 12.1 Å². The summed E-state index contributed by atoms with van der Waals surface area (Å²) >= 11 is 2.25. The first-order valence-corrected chi connectivity index (χ1v) is 8.11. The van der Waals surface area contributed by atoms with Crippen LogP contribution in [0.1, 0.15) is 17.5 Å². The van der Waals surface area contributed by atoms with Gasteiger partial charge in [-0.05, 0) is 88.0 Å². The maximum Gasteiger partial charge on any atom is 0.116 e. The molecule has 3 rings (SSSR count). The maximum absolute atomic E-state index is 9.48. The Bertz CT molecular complexity index is 770. The molecule has 1 heterocycles. The highest BCUT2D eigenvalue weighted by atomic mass is 127. The summed E-state index contributed by atoms with van der Waals surface area (Å²) in [6, 6.07) is 16.2. The van der Waals surface area contributed by atoms with Crippen LogP contribution in [0.3, 0.4) is 0 Å². The van der Waals surface area contributed by atoms with Gasteiger partial charge in [-0.2, -0.15) is 0 Å². The van der Waals surface area contributed by atoms with E-state index in [0.29, 0.717) is 5.75 Å². The normalized spacial score (nSPS) is 10.9. The Morgan fingerprint density at radius 2 is 1.57 bits per heavy atom. The Kier molecular flexibility index (Phi) is 4.39. The molecule has 1 aromatic heterocycles. The van der Waals surface area contributed by atoms with Crippen molar-refractivity contribution in [2.75, 3.05) is 0 Å². The van der Waals surface area contributed by atoms with Crippen molar-refractivity contribution in [2.24, 2.45) is 0 Å². The van der Waals surface area contributed by atoms with E-state index in [1.165, 1.54) is 16.5 Å². The van der Waals surface area contributed by atoms with Crippen molar-refractivity contribution < 1.29 is 5.11 Å². The average molecular weight is 389 g/mol. The highest BCUT2D eigenvalue weighted by molar-refractivity contribution is 14.1. The van der Waals surface area contributed by atoms with Crippen LogP contribution in [0.15, 0.2) is 54.7 Å². The van der Waals surface area contributed by atoms with Crippen molar-refractivity contribution >= 4 is 33.4 Å². The topological polar surface area (TPSA) is 33.1 Å². The van der Waals surface area contributed by atoms with E-state index in [9.17, 15) is 5.11 Å². The van der Waals surface area contributed by atoms with Crippen LogP contribution in [0.25, 0.3) is 10.8 Å². The summed E-state index contributed by atoms with van der Waals surface area (Å²) in [6.45, 7) is 0. The molecule has 0 saturated heterocycles. The first kappa shape index (κ1) is 14.3. The summed E-state index contributed by atoms with van der Waals surface area (Å²) in [5.74, 6) is 0.322. The van der Waals surface area contributed by atoms with E-state index in [1.807, 2.05) is 12.3 Å². The number of fused-ring (bicyclic) bond motifs is 1. The molecule has 2 nitrogen and oxygen atoms in total. The molecule has 0 unspecified atom stereocenters. The second-order valence-electron chi connectivity index (χ2n) is 5.21. The molecule has 0 aliphatic carbocycles. The molecule has 21 heavy (non-hydrogen) atoms. The number of aromatic nitrogens is 1. The summed E-state index contributed by atoms with van der Waals surface area (Å²) in [5, 5.41) is 11.8. The van der Waals surface area contributed by atoms with Gasteiger partial charge in [0.25, 0.3) is 0 Å². The summed E-state index contributed by atoms with van der Waals surface area (Å²) in [6.07, 6.45) is 5.14. The standard InChI is InChI=1S/C18H16INO/c19-18-11-14(8-9-20-18)3-1-2-13-4-5-16-12-17(21)7-6-15(16)10-13/h4-12,21H,1-3H2. The molecular formula is C18H16INO. The molecule has 0 aliphatic heterocycles. The molecule has 0 radical (unpaired) electrons. The number of aromatic hydroxyl groups is 1. The number of benzene rings is 2. The molecule has 2 aromatic carbocycles. The minimum atomic E-state index is 0.322. The first-order valence-electron chi connectivity index (χ1n) is 7.03. The fourth-order valence-corrected chi connectivity index (χ4v) is 3.09. The zero-order chi connectivity index (χ0) is 14.7. The van der Waals surface area contributed by atoms with Gasteiger partial charge in [0.15, 0.2) is 0 Å². The van der Waals surface area contributed by atoms with E-state index < -0.39 is 0 Å². The van der Waals surface area contributed by atoms with Gasteiger partial charge in [0, 0.05) is 6.20 Å². The molecule has 3 heteroatoms. The molecule has 0 atom stereocenters. The van der Waals surface area contributed by atoms with Crippen LogP contribution in [-0.4, -0.2) is 10.1 Å². The predicted molar refractivity (Wildman–Crippen MR) is 94.6 cm³/mol. The lowest BCUT2D eigenvalue weighted by molar-refractivity contribution is 0.476. The number of pyridine rings is 1. The van der Waals surface area contributed by atoms with E-state index >= 15 is 0 Å². The molecular weight excluding hydrogens is 373 g/mol. The number of rotatable bonds is 4. The number of hydrogen-bond acceptors (Lipinski definition) is 2. The van der Waals surface area contributed by atoms with Crippen LogP contribution in [0.4, 0.5) is 0 Å². The van der Waals surface area contributed by atoms with Gasteiger partial charge in [0.1, 0.15) is 9.45 Å². The van der Waals surface area contributed by atoms with Crippen LogP contribution in [0.2, 0.25) is 0 Å². The third-order valence-electron chi connectivity index (χ3n) is 3.61. The van der Waals surface area contributed by atoms with Crippen LogP contribution >= 0.6 is 22.6 Å². The average Bonchev–Trinajstić information content (AvgIpc) is 2.47. The second-order valence-corrected chi connectivity index (χ2v) is 6.31. The Morgan fingerprint density at radius 1 is 0.857 bits per heavy atom. The van der Waals surface area contributed by atoms with Gasteiger partial charge in [0.05, 0.1) is 0 Å². The molecule has 1 N–H and O–H groups in total. The maximum atomic E-state index is 9.48. The van der Waals surface area contributed by atoms with E-state index in [0.717, 1.165) is 28.3 Å². The van der Waals surface area contributed by atoms with Crippen molar-refractivity contribution in [3.63, 3.8) is 0 Å². The molecule has 106 valence electrons. The Morgan fingerprint density at radius 3 is 2.38 bits per heavy atom. The van der Waals surface area contributed by atoms with Crippen molar-refractivity contribution in [2.45, 2.75) is 19.3 Å². The molecule has 0 saturated carbocycles. The number of nitrogens with zero attached hydrogens (tertiary/aromatic N) is 1. The minimum absolute atomic E-state index is 0.322. The Balaban J connectivity index is 1.66. The number of phenolic OH excluding ortho intramolecular Hbond substituents is 1. The van der Waals surface area contributed by atoms with Crippen LogP contribution in [0, 0.1) is 3.70 Å². The van der Waals surface area contributed by atoms with Crippen LogP contribution < -0.4 is 0 Å². The van der Waals surface area contributed by atoms with Crippen molar-refractivity contribution in [3.8, 4) is 5.75 Å². The number of hydrogen-bond donors (Lipinski definition) is 1. The Labute approximate surface area is 138 Å². The molecule has 0 spiro atoms. The largest absolute Gasteiger partial charge is 0.508 e. The fourth-order valence-electron chi connectivity index (χ4n) is 2.53. The quantitative estimate of drug-likeness (QED) is 0.518. The van der Waals surface area contributed by atoms with Gasteiger partial charge in [-0.15, -0.1) is 0 Å². The molecule has 0 fully saturated rings. The molecule has 0 bridgehead atoms. The van der Waals surface area contributed by atoms with Gasteiger partial charge in [-0.1, -0.05) is 24.3 Å². The van der Waals surface area contributed by atoms with Crippen molar-refractivity contribution in [3.05, 3.63) is 69.6 Å². The Hall–Kier alpha value is -1.62. The fraction of sp³-hybridized carbons (Fsp3) is 0.167. The van der Waals surface area contributed by atoms with E-state index in [4.69, 9.17) is 0 Å². The highest BCUT2D eigenvalue weighted by Crippen LogP contribution is 2.22. The van der Waals surface area contributed by atoms with Gasteiger partial charge in [0.2, 0.25) is 0 Å². The smallest absolute Gasteiger partial charge is 0.116 e. The SMILES string of the molecule is Oc1ccc2cc(CCCc3ccnc(I)c3)ccc2c1. The lowest BCUT2D eigenvalue weighted by Crippen LogP contribution is -1.92. The lowest BCUT2D eigenvalue weighted by Gasteiger charge is -2.05. The van der Waals surface area contributed by atoms with Gasteiger partial charge < -0.3 is 5.11 Å². The number of phenols is 1. The van der Waals surface area contributed by atoms with Crippen LogP contribution in [0.5, 0.6) is 5.75 Å².